The maximum absolute atomic E-state index is 12.6. The fraction of sp³-hybridized carbons (Fsp3) is 0.524. The fourth-order valence-corrected chi connectivity index (χ4v) is 7.11. The number of rotatable bonds is 12. The van der Waals surface area contributed by atoms with Crippen LogP contribution in [-0.4, -0.2) is 35.7 Å². The quantitative estimate of drug-likeness (QED) is 0.118. The van der Waals surface area contributed by atoms with E-state index in [2.05, 4.69) is 53.0 Å². The highest BCUT2D eigenvalue weighted by atomic mass is 16.5. The Labute approximate surface area is 288 Å². The van der Waals surface area contributed by atoms with Crippen molar-refractivity contribution in [3.8, 4) is 0 Å². The predicted molar refractivity (Wildman–Crippen MR) is 193 cm³/mol. The van der Waals surface area contributed by atoms with Crippen LogP contribution in [0.5, 0.6) is 0 Å². The van der Waals surface area contributed by atoms with Gasteiger partial charge in [-0.05, 0) is 88.2 Å². The average Bonchev–Trinajstić information content (AvgIpc) is 3.62. The van der Waals surface area contributed by atoms with Crippen LogP contribution in [0.2, 0.25) is 0 Å². The van der Waals surface area contributed by atoms with E-state index in [1.54, 1.807) is 12.2 Å². The van der Waals surface area contributed by atoms with Crippen LogP contribution in [0, 0.1) is 34.5 Å². The molecule has 0 aromatic carbocycles. The lowest BCUT2D eigenvalue weighted by Crippen LogP contribution is -2.20. The Bertz CT molecular complexity index is 1400. The first kappa shape index (κ1) is 38.6. The molecule has 6 atom stereocenters. The van der Waals surface area contributed by atoms with Crippen LogP contribution in [0.1, 0.15) is 94.9 Å². The average molecular weight is 657 g/mol. The second-order valence-electron chi connectivity index (χ2n) is 15.3. The molecule has 0 N–H and O–H groups in total. The van der Waals surface area contributed by atoms with Gasteiger partial charge in [-0.15, -0.1) is 0 Å². The van der Waals surface area contributed by atoms with Gasteiger partial charge in [0.25, 0.3) is 0 Å². The molecule has 4 rings (SSSR count). The first-order valence-electron chi connectivity index (χ1n) is 17.1. The van der Waals surface area contributed by atoms with Crippen molar-refractivity contribution >= 4 is 23.5 Å². The van der Waals surface area contributed by atoms with E-state index in [1.165, 1.54) is 11.1 Å². The van der Waals surface area contributed by atoms with E-state index in [9.17, 15) is 19.2 Å². The van der Waals surface area contributed by atoms with Crippen LogP contribution in [0.3, 0.4) is 0 Å². The van der Waals surface area contributed by atoms with E-state index in [0.717, 1.165) is 22.3 Å². The molecule has 0 aliphatic heterocycles. The smallest absolute Gasteiger partial charge is 0.310 e. The largest absolute Gasteiger partial charge is 0.457 e. The molecule has 0 aromatic rings. The van der Waals surface area contributed by atoms with E-state index in [1.807, 2.05) is 65.8 Å². The van der Waals surface area contributed by atoms with Gasteiger partial charge >= 0.3 is 11.9 Å². The van der Waals surface area contributed by atoms with Crippen LogP contribution < -0.4 is 0 Å². The van der Waals surface area contributed by atoms with Crippen molar-refractivity contribution in [2.75, 3.05) is 0 Å². The molecule has 48 heavy (non-hydrogen) atoms. The van der Waals surface area contributed by atoms with E-state index in [4.69, 9.17) is 9.47 Å². The summed E-state index contributed by atoms with van der Waals surface area (Å²) in [5.74, 6) is 0.0349. The molecule has 0 bridgehead atoms. The third-order valence-corrected chi connectivity index (χ3v) is 10.4. The van der Waals surface area contributed by atoms with E-state index < -0.39 is 12.2 Å². The summed E-state index contributed by atoms with van der Waals surface area (Å²) in [5, 5.41) is 0. The molecule has 0 amide bonds. The van der Waals surface area contributed by atoms with Gasteiger partial charge in [0.1, 0.15) is 12.2 Å². The summed E-state index contributed by atoms with van der Waals surface area (Å²) in [7, 11) is 0. The minimum absolute atomic E-state index is 0.0654. The molecule has 0 radical (unpaired) electrons. The fourth-order valence-electron chi connectivity index (χ4n) is 7.11. The molecule has 0 aromatic heterocycles. The number of carbonyl (C=O) groups is 4. The van der Waals surface area contributed by atoms with Crippen LogP contribution in [0.15, 0.2) is 95.2 Å². The molecule has 0 heterocycles. The molecule has 6 heteroatoms. The highest BCUT2D eigenvalue weighted by molar-refractivity contribution is 6.00. The minimum atomic E-state index is -0.402. The Hall–Kier alpha value is -3.80. The predicted octanol–water partition coefficient (Wildman–Crippen LogP) is 9.12. The number of carbonyl (C=O) groups excluding carboxylic acids is 4. The molecule has 2 fully saturated rings. The zero-order chi connectivity index (χ0) is 36.1. The third kappa shape index (κ3) is 8.80. The number of ether oxygens (including phenoxy) is 2. The Kier molecular flexibility index (Phi) is 12.6. The standard InChI is InChI=1S/2C21H28O3/c2*1-7-8-9-10-15-14(4)18(12-17(15)22)24-20(23)19-16(11-13(2)3)21(19,5)6/h2*7-9,11,16,18-19H,1,10,12H2,2-6H3/b2*9-8-/t2*16-,18+,19?/m11/s1. The Morgan fingerprint density at radius 3 is 1.31 bits per heavy atom. The summed E-state index contributed by atoms with van der Waals surface area (Å²) in [5.41, 5.74) is 5.61. The van der Waals surface area contributed by atoms with Crippen LogP contribution in [0.25, 0.3) is 0 Å². The lowest BCUT2D eigenvalue weighted by molar-refractivity contribution is -0.151. The third-order valence-electron chi connectivity index (χ3n) is 10.4. The lowest BCUT2D eigenvalue weighted by Gasteiger charge is -2.13. The van der Waals surface area contributed by atoms with Crippen molar-refractivity contribution in [3.05, 3.63) is 95.2 Å². The van der Waals surface area contributed by atoms with Crippen molar-refractivity contribution in [3.63, 3.8) is 0 Å². The normalized spacial score (nSPS) is 28.2. The van der Waals surface area contributed by atoms with Crippen molar-refractivity contribution in [2.45, 2.75) is 107 Å². The van der Waals surface area contributed by atoms with Gasteiger partial charge in [-0.2, -0.15) is 0 Å². The number of hydrogen-bond acceptors (Lipinski definition) is 6. The summed E-state index contributed by atoms with van der Waals surface area (Å²) >= 11 is 0. The van der Waals surface area contributed by atoms with Gasteiger partial charge in [-0.25, -0.2) is 0 Å². The van der Waals surface area contributed by atoms with Crippen molar-refractivity contribution in [1.29, 1.82) is 0 Å². The second-order valence-corrected chi connectivity index (χ2v) is 15.3. The number of esters is 2. The zero-order valence-corrected chi connectivity index (χ0v) is 30.8. The molecular weight excluding hydrogens is 600 g/mol. The molecule has 4 aliphatic carbocycles. The van der Waals surface area contributed by atoms with Crippen molar-refractivity contribution < 1.29 is 28.7 Å². The molecule has 6 nitrogen and oxygen atoms in total. The summed E-state index contributed by atoms with van der Waals surface area (Å²) in [6.07, 6.45) is 16.0. The van der Waals surface area contributed by atoms with E-state index >= 15 is 0 Å². The first-order valence-corrected chi connectivity index (χ1v) is 17.1. The van der Waals surface area contributed by atoms with Gasteiger partial charge in [0.15, 0.2) is 11.6 Å². The van der Waals surface area contributed by atoms with Crippen molar-refractivity contribution in [2.24, 2.45) is 34.5 Å². The maximum Gasteiger partial charge on any atom is 0.310 e. The summed E-state index contributed by atoms with van der Waals surface area (Å²) < 4.78 is 11.4. The summed E-state index contributed by atoms with van der Waals surface area (Å²) in [4.78, 5) is 49.5. The Balaban J connectivity index is 0.000000260. The van der Waals surface area contributed by atoms with Gasteiger partial charge in [0.05, 0.1) is 24.7 Å². The van der Waals surface area contributed by atoms with E-state index in [-0.39, 0.29) is 70.8 Å². The Morgan fingerprint density at radius 1 is 0.688 bits per heavy atom. The Morgan fingerprint density at radius 2 is 1.02 bits per heavy atom. The molecule has 260 valence electrons. The maximum atomic E-state index is 12.6. The minimum Gasteiger partial charge on any atom is -0.457 e. The topological polar surface area (TPSA) is 86.7 Å². The first-order chi connectivity index (χ1) is 22.4. The molecule has 4 aliphatic rings. The van der Waals surface area contributed by atoms with Gasteiger partial charge in [-0.3, -0.25) is 19.2 Å². The molecular formula is C42H56O6. The van der Waals surface area contributed by atoms with Crippen molar-refractivity contribution in [1.82, 2.24) is 0 Å². The number of hydrogen-bond donors (Lipinski definition) is 0. The highest BCUT2D eigenvalue weighted by Crippen LogP contribution is 2.61. The number of Topliss-reactive ketones (excluding diaryl/α,β-unsaturated/α-hetero) is 2. The number of ketones is 2. The molecule has 2 unspecified atom stereocenters. The van der Waals surface area contributed by atoms with Gasteiger partial charge in [0.2, 0.25) is 0 Å². The van der Waals surface area contributed by atoms with Crippen LogP contribution in [-0.2, 0) is 28.7 Å². The van der Waals surface area contributed by atoms with Gasteiger partial charge in [-0.1, -0.05) is 101 Å². The monoisotopic (exact) mass is 656 g/mol. The van der Waals surface area contributed by atoms with Gasteiger partial charge < -0.3 is 9.47 Å². The van der Waals surface area contributed by atoms with Gasteiger partial charge in [0, 0.05) is 11.1 Å². The molecule has 2 saturated carbocycles. The van der Waals surface area contributed by atoms with Crippen LogP contribution in [0.4, 0.5) is 0 Å². The lowest BCUT2D eigenvalue weighted by atomic mass is 10.1. The zero-order valence-electron chi connectivity index (χ0n) is 30.8. The second kappa shape index (κ2) is 15.6. The highest BCUT2D eigenvalue weighted by Gasteiger charge is 2.62. The SMILES string of the molecule is C=C/C=C\CC1=C(C)[C@@H](OC(=O)C2[C@@H](C=C(C)C)C2(C)C)CC1=O.C=C/C=C\CC1=C(C)[C@@H](OC(=O)C2[C@@H](C=C(C)C)C2(C)C)CC1=O. The molecule has 0 spiro atoms. The van der Waals surface area contributed by atoms with Crippen LogP contribution >= 0.6 is 0 Å². The summed E-state index contributed by atoms with van der Waals surface area (Å²) in [6, 6.07) is 0. The number of allylic oxidation sites excluding steroid dienone is 12. The molecule has 0 saturated heterocycles. The van der Waals surface area contributed by atoms with E-state index in [0.29, 0.717) is 12.8 Å². The summed E-state index contributed by atoms with van der Waals surface area (Å²) in [6.45, 7) is 27.6.